The van der Waals surface area contributed by atoms with E-state index in [1.54, 1.807) is 0 Å². The Morgan fingerprint density at radius 1 is 1.35 bits per heavy atom. The summed E-state index contributed by atoms with van der Waals surface area (Å²) in [7, 11) is 0. The van der Waals surface area contributed by atoms with E-state index in [1.807, 2.05) is 36.9 Å². The average Bonchev–Trinajstić information content (AvgIpc) is 3.22. The molecule has 1 aliphatic heterocycles. The van der Waals surface area contributed by atoms with Crippen molar-refractivity contribution in [1.82, 2.24) is 20.4 Å². The summed E-state index contributed by atoms with van der Waals surface area (Å²) in [6.07, 6.45) is 2.14. The summed E-state index contributed by atoms with van der Waals surface area (Å²) in [6.45, 7) is 6.29. The summed E-state index contributed by atoms with van der Waals surface area (Å²) < 4.78 is 5.16. The quantitative estimate of drug-likeness (QED) is 0.887. The number of hydrogen-bond acceptors (Lipinski definition) is 5. The number of carbonyl (C=O) groups is 2. The Bertz CT molecular complexity index is 795. The van der Waals surface area contributed by atoms with Gasteiger partial charge in [-0.1, -0.05) is 11.2 Å². The summed E-state index contributed by atoms with van der Waals surface area (Å²) >= 11 is 0. The maximum atomic E-state index is 12.9. The highest BCUT2D eigenvalue weighted by Crippen LogP contribution is 2.31. The van der Waals surface area contributed by atoms with Gasteiger partial charge in [0.15, 0.2) is 0 Å². The molecule has 0 spiro atoms. The molecule has 1 saturated heterocycles. The van der Waals surface area contributed by atoms with Gasteiger partial charge in [-0.2, -0.15) is 0 Å². The highest BCUT2D eigenvalue weighted by atomic mass is 16.5. The summed E-state index contributed by atoms with van der Waals surface area (Å²) in [6, 6.07) is 5.73. The number of amides is 2. The fourth-order valence-corrected chi connectivity index (χ4v) is 3.38. The molecular weight excluding hydrogens is 332 g/mol. The van der Waals surface area contributed by atoms with Crippen LogP contribution in [0.4, 0.5) is 0 Å². The van der Waals surface area contributed by atoms with Crippen molar-refractivity contribution in [3.8, 4) is 0 Å². The van der Waals surface area contributed by atoms with Crippen molar-refractivity contribution in [3.05, 3.63) is 46.6 Å². The van der Waals surface area contributed by atoms with Gasteiger partial charge in [-0.05, 0) is 38.8 Å². The largest absolute Gasteiger partial charge is 0.361 e. The highest BCUT2D eigenvalue weighted by molar-refractivity contribution is 5.80. The van der Waals surface area contributed by atoms with Crippen molar-refractivity contribution in [3.63, 3.8) is 0 Å². The molecule has 0 aromatic carbocycles. The van der Waals surface area contributed by atoms with E-state index in [0.29, 0.717) is 18.7 Å². The minimum absolute atomic E-state index is 0.0275. The second-order valence-corrected chi connectivity index (χ2v) is 6.69. The third-order valence-corrected chi connectivity index (χ3v) is 4.77. The fraction of sp³-hybridized carbons (Fsp3) is 0.474. The standard InChI is InChI=1S/C19H24N4O3/c1-12-16(13(2)26-22-12)10-19(25)23-9-5-8-18(23)17-7-4-6-15(21-17)11-20-14(3)24/h4,6-7,18H,5,8-11H2,1-3H3,(H,20,24)/t18-/m0/s1. The van der Waals surface area contributed by atoms with E-state index in [4.69, 9.17) is 4.52 Å². The number of pyridine rings is 1. The number of nitrogens with one attached hydrogen (secondary N) is 1. The van der Waals surface area contributed by atoms with Crippen LogP contribution >= 0.6 is 0 Å². The van der Waals surface area contributed by atoms with Crippen LogP contribution in [0.1, 0.15) is 54.2 Å². The van der Waals surface area contributed by atoms with Crippen LogP contribution < -0.4 is 5.32 Å². The van der Waals surface area contributed by atoms with Crippen molar-refractivity contribution in [2.45, 2.75) is 52.6 Å². The molecule has 1 atom stereocenters. The number of aryl methyl sites for hydroxylation is 2. The Balaban J connectivity index is 1.74. The van der Waals surface area contributed by atoms with Crippen LogP contribution in [0.5, 0.6) is 0 Å². The minimum Gasteiger partial charge on any atom is -0.361 e. The highest BCUT2D eigenvalue weighted by Gasteiger charge is 2.31. The summed E-state index contributed by atoms with van der Waals surface area (Å²) in [4.78, 5) is 30.5. The smallest absolute Gasteiger partial charge is 0.227 e. The molecule has 2 aromatic rings. The number of aromatic nitrogens is 2. The zero-order valence-corrected chi connectivity index (χ0v) is 15.4. The van der Waals surface area contributed by atoms with Crippen LogP contribution in [-0.2, 0) is 22.6 Å². The van der Waals surface area contributed by atoms with Crippen molar-refractivity contribution in [2.24, 2.45) is 0 Å². The average molecular weight is 356 g/mol. The SMILES string of the molecule is CC(=O)NCc1cccc([C@@H]2CCCN2C(=O)Cc2c(C)noc2C)n1. The summed E-state index contributed by atoms with van der Waals surface area (Å²) in [5.41, 5.74) is 3.30. The molecule has 0 bridgehead atoms. The first-order valence-corrected chi connectivity index (χ1v) is 8.87. The Labute approximate surface area is 152 Å². The van der Waals surface area contributed by atoms with Crippen molar-refractivity contribution < 1.29 is 14.1 Å². The topological polar surface area (TPSA) is 88.3 Å². The van der Waals surface area contributed by atoms with Gasteiger partial charge in [-0.25, -0.2) is 0 Å². The Hall–Kier alpha value is -2.70. The van der Waals surface area contributed by atoms with E-state index in [1.165, 1.54) is 6.92 Å². The van der Waals surface area contributed by atoms with Gasteiger partial charge in [0.1, 0.15) is 5.76 Å². The molecule has 1 aliphatic rings. The van der Waals surface area contributed by atoms with Crippen LogP contribution in [0.15, 0.2) is 22.7 Å². The molecule has 3 rings (SSSR count). The van der Waals surface area contributed by atoms with Gasteiger partial charge in [0.25, 0.3) is 0 Å². The molecule has 138 valence electrons. The molecule has 3 heterocycles. The van der Waals surface area contributed by atoms with Crippen molar-refractivity contribution >= 4 is 11.8 Å². The van der Waals surface area contributed by atoms with Crippen LogP contribution in [0.25, 0.3) is 0 Å². The first kappa shape index (κ1) is 18.1. The molecule has 7 nitrogen and oxygen atoms in total. The van der Waals surface area contributed by atoms with E-state index in [0.717, 1.165) is 42.0 Å². The minimum atomic E-state index is -0.0886. The first-order chi connectivity index (χ1) is 12.5. The predicted octanol–water partition coefficient (Wildman–Crippen LogP) is 2.23. The number of rotatable bonds is 5. The molecule has 2 amide bonds. The van der Waals surface area contributed by atoms with Gasteiger partial charge in [0.05, 0.1) is 36.1 Å². The summed E-state index contributed by atoms with van der Waals surface area (Å²) in [5, 5.41) is 6.68. The zero-order chi connectivity index (χ0) is 18.7. The molecule has 1 N–H and O–H groups in total. The zero-order valence-electron chi connectivity index (χ0n) is 15.4. The number of hydrogen-bond donors (Lipinski definition) is 1. The third kappa shape index (κ3) is 3.92. The van der Waals surface area contributed by atoms with Crippen LogP contribution in [0.2, 0.25) is 0 Å². The van der Waals surface area contributed by atoms with E-state index in [-0.39, 0.29) is 17.9 Å². The lowest BCUT2D eigenvalue weighted by Gasteiger charge is -2.24. The van der Waals surface area contributed by atoms with Crippen LogP contribution in [0, 0.1) is 13.8 Å². The number of carbonyl (C=O) groups excluding carboxylic acids is 2. The van der Waals surface area contributed by atoms with Crippen LogP contribution in [0.3, 0.4) is 0 Å². The molecule has 2 aromatic heterocycles. The number of likely N-dealkylation sites (tertiary alicyclic amines) is 1. The molecule has 1 fully saturated rings. The van der Waals surface area contributed by atoms with Gasteiger partial charge < -0.3 is 14.7 Å². The molecular formula is C19H24N4O3. The third-order valence-electron chi connectivity index (χ3n) is 4.77. The summed E-state index contributed by atoms with van der Waals surface area (Å²) in [5.74, 6) is 0.673. The van der Waals surface area contributed by atoms with Gasteiger partial charge in [0, 0.05) is 19.0 Å². The van der Waals surface area contributed by atoms with Gasteiger partial charge >= 0.3 is 0 Å². The lowest BCUT2D eigenvalue weighted by molar-refractivity contribution is -0.131. The van der Waals surface area contributed by atoms with E-state index in [2.05, 4.69) is 15.5 Å². The first-order valence-electron chi connectivity index (χ1n) is 8.87. The predicted molar refractivity (Wildman–Crippen MR) is 95.1 cm³/mol. The maximum absolute atomic E-state index is 12.9. The van der Waals surface area contributed by atoms with Gasteiger partial charge in [-0.15, -0.1) is 0 Å². The van der Waals surface area contributed by atoms with Crippen LogP contribution in [-0.4, -0.2) is 33.4 Å². The van der Waals surface area contributed by atoms with E-state index >= 15 is 0 Å². The molecule has 0 saturated carbocycles. The lowest BCUT2D eigenvalue weighted by Crippen LogP contribution is -2.32. The van der Waals surface area contributed by atoms with Gasteiger partial charge in [0.2, 0.25) is 11.8 Å². The lowest BCUT2D eigenvalue weighted by atomic mass is 10.1. The second kappa shape index (κ2) is 7.68. The second-order valence-electron chi connectivity index (χ2n) is 6.69. The van der Waals surface area contributed by atoms with Gasteiger partial charge in [-0.3, -0.25) is 14.6 Å². The Morgan fingerprint density at radius 3 is 2.85 bits per heavy atom. The Kier molecular flexibility index (Phi) is 5.35. The molecule has 0 radical (unpaired) electrons. The fourth-order valence-electron chi connectivity index (χ4n) is 3.38. The monoisotopic (exact) mass is 356 g/mol. The molecule has 26 heavy (non-hydrogen) atoms. The molecule has 0 unspecified atom stereocenters. The van der Waals surface area contributed by atoms with Crippen molar-refractivity contribution in [1.29, 1.82) is 0 Å². The van der Waals surface area contributed by atoms with Crippen molar-refractivity contribution in [2.75, 3.05) is 6.54 Å². The van der Waals surface area contributed by atoms with E-state index < -0.39 is 0 Å². The molecule has 0 aliphatic carbocycles. The molecule has 7 heteroatoms. The Morgan fingerprint density at radius 2 is 2.15 bits per heavy atom. The number of nitrogens with zero attached hydrogens (tertiary/aromatic N) is 3. The van der Waals surface area contributed by atoms with E-state index in [9.17, 15) is 9.59 Å². The maximum Gasteiger partial charge on any atom is 0.227 e. The normalized spacial score (nSPS) is 16.7.